The Morgan fingerprint density at radius 3 is 2.27 bits per heavy atom. The molecule has 0 bridgehead atoms. The summed E-state index contributed by atoms with van der Waals surface area (Å²) < 4.78 is 17.2. The van der Waals surface area contributed by atoms with Gasteiger partial charge < -0.3 is 38.5 Å². The number of carbonyl (C=O) groups is 1. The Kier molecular flexibility index (Phi) is 9.24. The first kappa shape index (κ1) is 33.2. The van der Waals surface area contributed by atoms with E-state index in [-0.39, 0.29) is 74.9 Å². The minimum absolute atomic E-state index is 0. The second kappa shape index (κ2) is 11.4. The third-order valence-corrected chi connectivity index (χ3v) is 8.55. The Hall–Kier alpha value is -2.30. The summed E-state index contributed by atoms with van der Waals surface area (Å²) in [5, 5.41) is 13.4. The molecule has 1 aliphatic carbocycles. The molecular weight excluding hydrogens is 696 g/mol. The van der Waals surface area contributed by atoms with Gasteiger partial charge in [-0.1, -0.05) is 37.8 Å². The molecule has 5 rings (SSSR count). The number of allylic oxidation sites excluding steroid dienone is 5. The van der Waals surface area contributed by atoms with Crippen LogP contribution in [0.25, 0.3) is 0 Å². The molecular formula is C33H40BrFIN3O2. The Bertz CT molecular complexity index is 1530. The van der Waals surface area contributed by atoms with Crippen molar-refractivity contribution >= 4 is 39.9 Å². The van der Waals surface area contributed by atoms with Crippen LogP contribution in [0.5, 0.6) is 0 Å². The summed E-state index contributed by atoms with van der Waals surface area (Å²) in [5.41, 5.74) is 5.40. The van der Waals surface area contributed by atoms with Gasteiger partial charge >= 0.3 is 0 Å². The highest BCUT2D eigenvalue weighted by Gasteiger charge is 2.45. The van der Waals surface area contributed by atoms with Crippen LogP contribution in [0, 0.1) is 5.82 Å². The standard InChI is InChI=1S/C33H39FN3O2.BrH.HI/c1-32(2)24-12-9-10-13-26(24)35(5)28(32)19-22-30(38)23(31(22)39)20-29-33(3,4)25-18-21(34)14-15-27(25)36(29)16-11-17-37(6,7)8;;/h9-10,12-15,18-20H,11,16-17H2,1-8H3;2*1H/q+1;;/p-1. The van der Waals surface area contributed by atoms with E-state index in [1.54, 1.807) is 18.2 Å². The fourth-order valence-corrected chi connectivity index (χ4v) is 6.28. The number of ketones is 1. The monoisotopic (exact) mass is 735 g/mol. The van der Waals surface area contributed by atoms with Crippen molar-refractivity contribution in [3.63, 3.8) is 0 Å². The maximum atomic E-state index is 14.3. The number of quaternary nitrogens is 1. The van der Waals surface area contributed by atoms with Crippen molar-refractivity contribution < 1.29 is 47.3 Å². The van der Waals surface area contributed by atoms with E-state index in [1.165, 1.54) is 11.6 Å². The van der Waals surface area contributed by atoms with Crippen LogP contribution in [-0.4, -0.2) is 61.8 Å². The lowest BCUT2D eigenvalue weighted by atomic mass is 9.77. The zero-order chi connectivity index (χ0) is 28.5. The number of hydrogen-bond donors (Lipinski definition) is 0. The predicted molar refractivity (Wildman–Crippen MR) is 163 cm³/mol. The van der Waals surface area contributed by atoms with Gasteiger partial charge in [0.15, 0.2) is 11.5 Å². The Morgan fingerprint density at radius 1 is 1.00 bits per heavy atom. The van der Waals surface area contributed by atoms with Gasteiger partial charge in [0.05, 0.1) is 33.1 Å². The van der Waals surface area contributed by atoms with Crippen molar-refractivity contribution in [3.8, 4) is 0 Å². The molecule has 5 nitrogen and oxygen atoms in total. The number of nitrogens with zero attached hydrogens (tertiary/aromatic N) is 3. The normalized spacial score (nSPS) is 20.6. The molecule has 8 heteroatoms. The Balaban J connectivity index is 0.00000231. The second-order valence-corrected chi connectivity index (χ2v) is 13.1. The van der Waals surface area contributed by atoms with E-state index < -0.39 is 5.41 Å². The van der Waals surface area contributed by atoms with E-state index in [0.717, 1.165) is 52.3 Å². The maximum absolute atomic E-state index is 14.3. The number of anilines is 1. The van der Waals surface area contributed by atoms with Crippen LogP contribution in [0.4, 0.5) is 15.8 Å². The predicted octanol–water partition coefficient (Wildman–Crippen LogP) is 2.32. The average molecular weight is 737 g/mol. The largest absolute Gasteiger partial charge is 1.00 e. The summed E-state index contributed by atoms with van der Waals surface area (Å²) in [6.45, 7) is 9.99. The van der Waals surface area contributed by atoms with Crippen molar-refractivity contribution in [1.82, 2.24) is 0 Å². The van der Waals surface area contributed by atoms with Crippen molar-refractivity contribution in [2.75, 3.05) is 46.2 Å². The van der Waals surface area contributed by atoms with Gasteiger partial charge in [-0.15, -0.1) is 17.0 Å². The lowest BCUT2D eigenvalue weighted by molar-refractivity contribution is -0.870. The van der Waals surface area contributed by atoms with E-state index in [0.29, 0.717) is 0 Å². The van der Waals surface area contributed by atoms with Gasteiger partial charge in [-0.05, 0) is 43.7 Å². The number of halogens is 3. The van der Waals surface area contributed by atoms with Crippen LogP contribution in [-0.2, 0) is 15.6 Å². The SMILES string of the molecule is Br.C[N+]1=C(/C=C2\C(=O)C(/C=C3/N(CCC[N+](C)(C)C)c4ccc(F)cc4C3(C)C)=C2[O-])C(C)(C)c2ccccc21.[I-]. The summed E-state index contributed by atoms with van der Waals surface area (Å²) >= 11 is 0. The highest BCUT2D eigenvalue weighted by Crippen LogP contribution is 2.49. The molecule has 0 amide bonds. The first-order valence-corrected chi connectivity index (χ1v) is 13.6. The number of benzene rings is 2. The number of Topliss-reactive ketones (excluding diaryl/α,β-unsaturated/α-hetero) is 1. The molecule has 0 radical (unpaired) electrons. The average Bonchev–Trinajstić information content (AvgIpc) is 3.18. The highest BCUT2D eigenvalue weighted by molar-refractivity contribution is 8.93. The number of rotatable bonds is 6. The van der Waals surface area contributed by atoms with Crippen LogP contribution < -0.4 is 34.0 Å². The van der Waals surface area contributed by atoms with Crippen molar-refractivity contribution in [2.45, 2.75) is 44.9 Å². The minimum atomic E-state index is -0.550. The molecule has 41 heavy (non-hydrogen) atoms. The molecule has 0 saturated heterocycles. The van der Waals surface area contributed by atoms with Gasteiger partial charge in [0.25, 0.3) is 0 Å². The van der Waals surface area contributed by atoms with Gasteiger partial charge in [0.1, 0.15) is 12.9 Å². The number of fused-ring (bicyclic) bond motifs is 2. The smallest absolute Gasteiger partial charge is 0.209 e. The number of carbonyl (C=O) groups excluding carboxylic acids is 1. The molecule has 0 saturated carbocycles. The molecule has 2 aromatic carbocycles. The van der Waals surface area contributed by atoms with Crippen LogP contribution in [0.15, 0.2) is 77.2 Å². The van der Waals surface area contributed by atoms with Crippen molar-refractivity contribution in [3.05, 3.63) is 94.2 Å². The van der Waals surface area contributed by atoms with Crippen LogP contribution in [0.1, 0.15) is 45.2 Å². The van der Waals surface area contributed by atoms with Crippen molar-refractivity contribution in [1.29, 1.82) is 0 Å². The topological polar surface area (TPSA) is 46.4 Å². The van der Waals surface area contributed by atoms with Crippen molar-refractivity contribution in [2.24, 2.45) is 0 Å². The molecule has 0 fully saturated rings. The van der Waals surface area contributed by atoms with E-state index in [2.05, 4.69) is 56.6 Å². The van der Waals surface area contributed by atoms with Gasteiger partial charge in [0, 0.05) is 58.6 Å². The maximum Gasteiger partial charge on any atom is 0.209 e. The van der Waals surface area contributed by atoms with Crippen LogP contribution in [0.3, 0.4) is 0 Å². The number of para-hydroxylation sites is 1. The molecule has 0 unspecified atom stereocenters. The molecule has 0 atom stereocenters. The molecule has 220 valence electrons. The summed E-state index contributed by atoms with van der Waals surface area (Å²) in [4.78, 5) is 15.6. The van der Waals surface area contributed by atoms with E-state index in [1.807, 2.05) is 39.1 Å². The lowest BCUT2D eigenvalue weighted by Crippen LogP contribution is -3.00. The van der Waals surface area contributed by atoms with Gasteiger partial charge in [-0.3, -0.25) is 4.79 Å². The minimum Gasteiger partial charge on any atom is -1.00 e. The second-order valence-electron chi connectivity index (χ2n) is 13.1. The molecule has 0 N–H and O–H groups in total. The summed E-state index contributed by atoms with van der Waals surface area (Å²) in [7, 11) is 8.45. The zero-order valence-corrected chi connectivity index (χ0v) is 29.0. The van der Waals surface area contributed by atoms with E-state index >= 15 is 0 Å². The van der Waals surface area contributed by atoms with Gasteiger partial charge in [0.2, 0.25) is 5.69 Å². The third-order valence-electron chi connectivity index (χ3n) is 8.55. The van der Waals surface area contributed by atoms with Crippen LogP contribution >= 0.6 is 17.0 Å². The third kappa shape index (κ3) is 5.59. The van der Waals surface area contributed by atoms with Gasteiger partial charge in [-0.25, -0.2) is 4.39 Å². The fraction of sp³-hybridized carbons (Fsp3) is 0.394. The lowest BCUT2D eigenvalue weighted by Gasteiger charge is -2.33. The van der Waals surface area contributed by atoms with Gasteiger partial charge in [-0.2, -0.15) is 4.58 Å². The molecule has 2 heterocycles. The summed E-state index contributed by atoms with van der Waals surface area (Å²) in [5.74, 6) is -0.752. The van der Waals surface area contributed by atoms with E-state index in [9.17, 15) is 14.3 Å². The molecule has 2 aromatic rings. The Labute approximate surface area is 271 Å². The first-order valence-electron chi connectivity index (χ1n) is 13.6. The number of hydrogen-bond acceptors (Lipinski definition) is 3. The highest BCUT2D eigenvalue weighted by atomic mass is 127. The zero-order valence-electron chi connectivity index (χ0n) is 25.1. The fourth-order valence-electron chi connectivity index (χ4n) is 6.28. The molecule has 3 aliphatic rings. The molecule has 0 spiro atoms. The Morgan fingerprint density at radius 2 is 1.66 bits per heavy atom. The quantitative estimate of drug-likeness (QED) is 0.198. The summed E-state index contributed by atoms with van der Waals surface area (Å²) in [6, 6.07) is 13.0. The molecule has 0 aromatic heterocycles. The summed E-state index contributed by atoms with van der Waals surface area (Å²) in [6.07, 6.45) is 4.45. The van der Waals surface area contributed by atoms with Crippen LogP contribution in [0.2, 0.25) is 0 Å². The van der Waals surface area contributed by atoms with E-state index in [4.69, 9.17) is 0 Å². The molecule has 2 aliphatic heterocycles. The first-order chi connectivity index (χ1) is 18.1.